The summed E-state index contributed by atoms with van der Waals surface area (Å²) >= 11 is 5.85. The van der Waals surface area contributed by atoms with Crippen LogP contribution in [0.15, 0.2) is 29.4 Å². The molecule has 1 aromatic heterocycles. The van der Waals surface area contributed by atoms with E-state index in [1.807, 2.05) is 0 Å². The second-order valence-electron chi connectivity index (χ2n) is 6.06. The first-order valence-corrected chi connectivity index (χ1v) is 9.03. The summed E-state index contributed by atoms with van der Waals surface area (Å²) in [5, 5.41) is 37.6. The number of nitrogen functional groups attached to an aromatic ring is 1. The number of hydrogen-bond acceptors (Lipinski definition) is 10. The SMILES string of the molecule is CCC(CC)(Nc1nc(N)nc(O)c1[N+](=O)[O-])C(COc1ccc(Cl)cc1)=NO. The molecule has 11 nitrogen and oxygen atoms in total. The van der Waals surface area contributed by atoms with Crippen molar-refractivity contribution < 1.29 is 20.0 Å². The molecule has 0 spiro atoms. The van der Waals surface area contributed by atoms with Gasteiger partial charge >= 0.3 is 5.69 Å². The summed E-state index contributed by atoms with van der Waals surface area (Å²) < 4.78 is 5.66. The third-order valence-electron chi connectivity index (χ3n) is 4.49. The van der Waals surface area contributed by atoms with Crippen molar-refractivity contribution in [3.8, 4) is 11.6 Å². The molecule has 0 saturated heterocycles. The highest BCUT2D eigenvalue weighted by molar-refractivity contribution is 6.30. The predicted octanol–water partition coefficient (Wildman–Crippen LogP) is 3.21. The maximum atomic E-state index is 11.4. The molecule has 0 radical (unpaired) electrons. The number of ether oxygens (including phenoxy) is 1. The molecule has 0 unspecified atom stereocenters. The van der Waals surface area contributed by atoms with Crippen molar-refractivity contribution in [2.75, 3.05) is 17.7 Å². The Bertz CT molecular complexity index is 902. The van der Waals surface area contributed by atoms with E-state index in [1.165, 1.54) is 0 Å². The number of halogens is 1. The van der Waals surface area contributed by atoms with Crippen LogP contribution in [0, 0.1) is 10.1 Å². The Kier molecular flexibility index (Phi) is 6.99. The van der Waals surface area contributed by atoms with Crippen LogP contribution < -0.4 is 15.8 Å². The van der Waals surface area contributed by atoms with Crippen LogP contribution in [-0.4, -0.2) is 43.1 Å². The van der Waals surface area contributed by atoms with Gasteiger partial charge in [0.05, 0.1) is 10.5 Å². The van der Waals surface area contributed by atoms with Gasteiger partial charge in [-0.2, -0.15) is 9.97 Å². The van der Waals surface area contributed by atoms with Crippen LogP contribution in [0.3, 0.4) is 0 Å². The lowest BCUT2D eigenvalue weighted by Crippen LogP contribution is -2.48. The van der Waals surface area contributed by atoms with Crippen LogP contribution in [0.4, 0.5) is 17.5 Å². The molecule has 0 aliphatic carbocycles. The molecule has 5 N–H and O–H groups in total. The summed E-state index contributed by atoms with van der Waals surface area (Å²) in [4.78, 5) is 17.8. The minimum absolute atomic E-state index is 0.118. The van der Waals surface area contributed by atoms with E-state index in [9.17, 15) is 20.4 Å². The summed E-state index contributed by atoms with van der Waals surface area (Å²) in [5.41, 5.74) is 3.89. The van der Waals surface area contributed by atoms with Crippen LogP contribution in [0.5, 0.6) is 11.6 Å². The topological polar surface area (TPSA) is 169 Å². The molecule has 29 heavy (non-hydrogen) atoms. The molecule has 0 saturated carbocycles. The number of aromatic hydroxyl groups is 1. The number of oxime groups is 1. The third-order valence-corrected chi connectivity index (χ3v) is 4.74. The molecule has 1 heterocycles. The average molecular weight is 425 g/mol. The standard InChI is InChI=1S/C17H21ClN6O5/c1-3-17(4-2,12(23-26)9-29-11-7-5-10(18)6-8-11)22-14-13(24(27)28)15(25)21-16(19)20-14/h5-8,26H,3-4,9H2,1-2H3,(H4,19,20,21,22,25). The van der Waals surface area contributed by atoms with Crippen molar-refractivity contribution in [3.63, 3.8) is 0 Å². The van der Waals surface area contributed by atoms with E-state index in [0.29, 0.717) is 23.6 Å². The lowest BCUT2D eigenvalue weighted by atomic mass is 9.87. The van der Waals surface area contributed by atoms with E-state index in [0.717, 1.165) is 0 Å². The lowest BCUT2D eigenvalue weighted by molar-refractivity contribution is -0.385. The molecule has 2 rings (SSSR count). The van der Waals surface area contributed by atoms with Crippen molar-refractivity contribution in [3.05, 3.63) is 39.4 Å². The minimum Gasteiger partial charge on any atom is -0.488 e. The Morgan fingerprint density at radius 1 is 1.34 bits per heavy atom. The Balaban J connectivity index is 2.37. The van der Waals surface area contributed by atoms with Crippen molar-refractivity contribution in [2.45, 2.75) is 32.2 Å². The zero-order chi connectivity index (χ0) is 21.6. The molecule has 1 aromatic carbocycles. The van der Waals surface area contributed by atoms with Gasteiger partial charge in [-0.1, -0.05) is 30.6 Å². The van der Waals surface area contributed by atoms with Crippen LogP contribution in [0.25, 0.3) is 0 Å². The first-order valence-electron chi connectivity index (χ1n) is 8.65. The predicted molar refractivity (Wildman–Crippen MR) is 108 cm³/mol. The van der Waals surface area contributed by atoms with E-state index >= 15 is 0 Å². The zero-order valence-electron chi connectivity index (χ0n) is 15.8. The number of nitrogens with zero attached hydrogens (tertiary/aromatic N) is 4. The second-order valence-corrected chi connectivity index (χ2v) is 6.50. The van der Waals surface area contributed by atoms with Crippen molar-refractivity contribution >= 4 is 34.8 Å². The first kappa shape index (κ1) is 22.0. The number of nitrogens with two attached hydrogens (primary N) is 1. The summed E-state index contributed by atoms with van der Waals surface area (Å²) in [6.07, 6.45) is 0.712. The minimum atomic E-state index is -1.07. The molecule has 0 amide bonds. The molecule has 0 atom stereocenters. The van der Waals surface area contributed by atoms with Gasteiger partial charge in [-0.25, -0.2) is 0 Å². The summed E-state index contributed by atoms with van der Waals surface area (Å²) in [7, 11) is 0. The van der Waals surface area contributed by atoms with Gasteiger partial charge in [-0.3, -0.25) is 10.1 Å². The molecule has 12 heteroatoms. The van der Waals surface area contributed by atoms with Gasteiger partial charge in [0, 0.05) is 5.02 Å². The normalized spacial score (nSPS) is 11.9. The van der Waals surface area contributed by atoms with Gasteiger partial charge < -0.3 is 26.1 Å². The summed E-state index contributed by atoms with van der Waals surface area (Å²) in [6.45, 7) is 3.47. The van der Waals surface area contributed by atoms with Gasteiger partial charge in [-0.15, -0.1) is 0 Å². The van der Waals surface area contributed by atoms with Crippen molar-refractivity contribution in [2.24, 2.45) is 5.16 Å². The third kappa shape index (κ3) is 4.93. The highest BCUT2D eigenvalue weighted by Crippen LogP contribution is 2.35. The highest BCUT2D eigenvalue weighted by Gasteiger charge is 2.37. The molecule has 156 valence electrons. The Morgan fingerprint density at radius 2 is 1.97 bits per heavy atom. The zero-order valence-corrected chi connectivity index (χ0v) is 16.5. The Morgan fingerprint density at radius 3 is 2.48 bits per heavy atom. The fraction of sp³-hybridized carbons (Fsp3) is 0.353. The maximum absolute atomic E-state index is 11.4. The number of benzene rings is 1. The summed E-state index contributed by atoms with van der Waals surface area (Å²) in [5.74, 6) is -1.02. The smallest absolute Gasteiger partial charge is 0.372 e. The van der Waals surface area contributed by atoms with Crippen LogP contribution in [-0.2, 0) is 0 Å². The quantitative estimate of drug-likeness (QED) is 0.204. The number of rotatable bonds is 9. The lowest BCUT2D eigenvalue weighted by Gasteiger charge is -2.33. The monoisotopic (exact) mass is 424 g/mol. The van der Waals surface area contributed by atoms with E-state index in [2.05, 4.69) is 20.4 Å². The van der Waals surface area contributed by atoms with Crippen molar-refractivity contribution in [1.82, 2.24) is 9.97 Å². The van der Waals surface area contributed by atoms with E-state index in [-0.39, 0.29) is 24.1 Å². The summed E-state index contributed by atoms with van der Waals surface area (Å²) in [6, 6.07) is 6.60. The molecular weight excluding hydrogens is 404 g/mol. The van der Waals surface area contributed by atoms with E-state index in [1.54, 1.807) is 38.1 Å². The highest BCUT2D eigenvalue weighted by atomic mass is 35.5. The molecular formula is C17H21ClN6O5. The molecule has 0 aliphatic heterocycles. The van der Waals surface area contributed by atoms with Gasteiger partial charge in [-0.05, 0) is 37.1 Å². The van der Waals surface area contributed by atoms with E-state index in [4.69, 9.17) is 22.1 Å². The number of nitrogens with one attached hydrogen (secondary N) is 1. The first-order chi connectivity index (χ1) is 13.8. The number of hydrogen-bond donors (Lipinski definition) is 4. The van der Waals surface area contributed by atoms with Crippen LogP contribution in [0.2, 0.25) is 5.02 Å². The number of nitro groups is 1. The van der Waals surface area contributed by atoms with Crippen LogP contribution >= 0.6 is 11.6 Å². The molecule has 0 fully saturated rings. The average Bonchev–Trinajstić information content (AvgIpc) is 2.67. The van der Waals surface area contributed by atoms with Gasteiger partial charge in [0.2, 0.25) is 11.8 Å². The molecule has 0 bridgehead atoms. The maximum Gasteiger partial charge on any atom is 0.372 e. The number of anilines is 2. The fourth-order valence-electron chi connectivity index (χ4n) is 2.79. The van der Waals surface area contributed by atoms with Gasteiger partial charge in [0.25, 0.3) is 5.88 Å². The van der Waals surface area contributed by atoms with Crippen molar-refractivity contribution in [1.29, 1.82) is 0 Å². The number of aromatic nitrogens is 2. The Labute approximate surface area is 171 Å². The largest absolute Gasteiger partial charge is 0.488 e. The second kappa shape index (κ2) is 9.24. The fourth-order valence-corrected chi connectivity index (χ4v) is 2.92. The van der Waals surface area contributed by atoms with Gasteiger partial charge in [0.15, 0.2) is 0 Å². The van der Waals surface area contributed by atoms with Gasteiger partial charge in [0.1, 0.15) is 18.1 Å². The molecule has 0 aliphatic rings. The van der Waals surface area contributed by atoms with Crippen LogP contribution in [0.1, 0.15) is 26.7 Å². The molecule has 2 aromatic rings. The Hall–Kier alpha value is -3.34. The van der Waals surface area contributed by atoms with E-state index < -0.39 is 22.0 Å².